The highest BCUT2D eigenvalue weighted by atomic mass is 35.5. The lowest BCUT2D eigenvalue weighted by molar-refractivity contribution is -0.141. The predicted octanol–water partition coefficient (Wildman–Crippen LogP) is 1.11. The number of aliphatic carboxylic acids is 1. The maximum absolute atomic E-state index is 12.9. The fraction of sp³-hybridized carbons (Fsp3) is 0.333. The summed E-state index contributed by atoms with van der Waals surface area (Å²) in [6, 6.07) is 1.77. The monoisotopic (exact) mass is 304 g/mol. The molecule has 0 aliphatic heterocycles. The van der Waals surface area contributed by atoms with Gasteiger partial charge in [0.2, 0.25) is 0 Å². The van der Waals surface area contributed by atoms with Crippen LogP contribution in [0.2, 0.25) is 5.02 Å². The van der Waals surface area contributed by atoms with E-state index in [4.69, 9.17) is 16.7 Å². The Morgan fingerprint density at radius 1 is 1.45 bits per heavy atom. The van der Waals surface area contributed by atoms with Crippen molar-refractivity contribution in [3.63, 3.8) is 0 Å². The van der Waals surface area contributed by atoms with E-state index in [9.17, 15) is 19.1 Å². The van der Waals surface area contributed by atoms with Gasteiger partial charge < -0.3 is 20.8 Å². The molecule has 0 aromatic heterocycles. The molecule has 0 saturated heterocycles. The van der Waals surface area contributed by atoms with Crippen LogP contribution in [0.3, 0.4) is 0 Å². The van der Waals surface area contributed by atoms with E-state index >= 15 is 0 Å². The van der Waals surface area contributed by atoms with E-state index in [0.717, 1.165) is 6.07 Å². The van der Waals surface area contributed by atoms with Gasteiger partial charge in [-0.3, -0.25) is 0 Å². The van der Waals surface area contributed by atoms with E-state index in [1.54, 1.807) is 0 Å². The molecule has 0 aliphatic rings. The molecule has 1 aromatic rings. The Morgan fingerprint density at radius 3 is 2.60 bits per heavy atom. The number of amides is 2. The Bertz CT molecular complexity index is 510. The molecule has 0 aliphatic carbocycles. The highest BCUT2D eigenvalue weighted by Gasteiger charge is 2.24. The first-order valence-corrected chi connectivity index (χ1v) is 6.08. The van der Waals surface area contributed by atoms with E-state index in [1.807, 2.05) is 0 Å². The van der Waals surface area contributed by atoms with Crippen molar-refractivity contribution in [2.75, 3.05) is 0 Å². The molecule has 8 heteroatoms. The molecule has 0 unspecified atom stereocenters. The number of carboxylic acid groups (broad SMARTS) is 1. The number of aliphatic hydroxyl groups is 1. The van der Waals surface area contributed by atoms with E-state index in [2.05, 4.69) is 10.6 Å². The van der Waals surface area contributed by atoms with Gasteiger partial charge in [-0.25, -0.2) is 14.0 Å². The molecule has 0 spiro atoms. The molecule has 4 N–H and O–H groups in total. The number of carbonyl (C=O) groups excluding carboxylic acids is 1. The van der Waals surface area contributed by atoms with Gasteiger partial charge in [-0.15, -0.1) is 0 Å². The first-order chi connectivity index (χ1) is 9.31. The van der Waals surface area contributed by atoms with Crippen LogP contribution in [0.1, 0.15) is 12.5 Å². The second-order valence-electron chi connectivity index (χ2n) is 4.13. The number of hydrogen-bond acceptors (Lipinski definition) is 3. The standard InChI is InChI=1S/C12H14ClFN2O4/c1-6(17)10(11(18)19)16-12(20)15-5-7-2-3-9(14)8(13)4-7/h2-4,6,10,17H,5H2,1H3,(H,18,19)(H2,15,16,20)/t6-,10+/m1/s1. The lowest BCUT2D eigenvalue weighted by Crippen LogP contribution is -2.50. The average Bonchev–Trinajstić information content (AvgIpc) is 2.36. The van der Waals surface area contributed by atoms with Gasteiger partial charge in [0.05, 0.1) is 11.1 Å². The van der Waals surface area contributed by atoms with Crippen LogP contribution in [0.4, 0.5) is 9.18 Å². The summed E-state index contributed by atoms with van der Waals surface area (Å²) in [6.45, 7) is 1.29. The Balaban J connectivity index is 2.54. The third kappa shape index (κ3) is 4.67. The molecule has 0 radical (unpaired) electrons. The predicted molar refractivity (Wildman–Crippen MR) is 69.9 cm³/mol. The van der Waals surface area contributed by atoms with Crippen molar-refractivity contribution >= 4 is 23.6 Å². The summed E-state index contributed by atoms with van der Waals surface area (Å²) in [4.78, 5) is 22.3. The summed E-state index contributed by atoms with van der Waals surface area (Å²) in [5.41, 5.74) is 0.551. The van der Waals surface area contributed by atoms with Gasteiger partial charge in [-0.2, -0.15) is 0 Å². The first-order valence-electron chi connectivity index (χ1n) is 5.70. The van der Waals surface area contributed by atoms with Crippen LogP contribution in [0, 0.1) is 5.82 Å². The highest BCUT2D eigenvalue weighted by molar-refractivity contribution is 6.30. The zero-order chi connectivity index (χ0) is 15.3. The van der Waals surface area contributed by atoms with E-state index in [1.165, 1.54) is 19.1 Å². The van der Waals surface area contributed by atoms with E-state index in [0.29, 0.717) is 5.56 Å². The van der Waals surface area contributed by atoms with E-state index < -0.39 is 30.0 Å². The Labute approximate surface area is 119 Å². The third-order valence-corrected chi connectivity index (χ3v) is 2.76. The summed E-state index contributed by atoms with van der Waals surface area (Å²) < 4.78 is 12.9. The second-order valence-corrected chi connectivity index (χ2v) is 4.54. The van der Waals surface area contributed by atoms with Crippen molar-refractivity contribution in [2.45, 2.75) is 25.6 Å². The van der Waals surface area contributed by atoms with Crippen LogP contribution >= 0.6 is 11.6 Å². The van der Waals surface area contributed by atoms with Crippen LogP contribution in [0.25, 0.3) is 0 Å². The van der Waals surface area contributed by atoms with Gasteiger partial charge in [-0.05, 0) is 24.6 Å². The molecular formula is C12H14ClFN2O4. The lowest BCUT2D eigenvalue weighted by Gasteiger charge is -2.17. The quantitative estimate of drug-likeness (QED) is 0.655. The molecule has 2 amide bonds. The normalized spacial score (nSPS) is 13.4. The number of carbonyl (C=O) groups is 2. The van der Waals surface area contributed by atoms with Crippen molar-refractivity contribution in [3.8, 4) is 0 Å². The van der Waals surface area contributed by atoms with Crippen molar-refractivity contribution in [1.29, 1.82) is 0 Å². The SMILES string of the molecule is C[C@@H](O)[C@H](NC(=O)NCc1ccc(F)c(Cl)c1)C(=O)O. The first kappa shape index (κ1) is 16.2. The molecule has 2 atom stereocenters. The summed E-state index contributed by atoms with van der Waals surface area (Å²) in [7, 11) is 0. The Morgan fingerprint density at radius 2 is 2.10 bits per heavy atom. The lowest BCUT2D eigenvalue weighted by atomic mass is 10.2. The number of carboxylic acids is 1. The molecule has 0 saturated carbocycles. The number of nitrogens with one attached hydrogen (secondary N) is 2. The number of aliphatic hydroxyl groups excluding tert-OH is 1. The van der Waals surface area contributed by atoms with Crippen molar-refractivity contribution < 1.29 is 24.2 Å². The smallest absolute Gasteiger partial charge is 0.328 e. The fourth-order valence-corrected chi connectivity index (χ4v) is 1.62. The Kier molecular flexibility index (Phi) is 5.72. The van der Waals surface area contributed by atoms with Gasteiger partial charge in [0.1, 0.15) is 5.82 Å². The minimum atomic E-state index is -1.41. The van der Waals surface area contributed by atoms with Crippen LogP contribution in [-0.4, -0.2) is 34.4 Å². The van der Waals surface area contributed by atoms with Gasteiger partial charge in [0.25, 0.3) is 0 Å². The summed E-state index contributed by atoms with van der Waals surface area (Å²) >= 11 is 5.58. The highest BCUT2D eigenvalue weighted by Crippen LogP contribution is 2.15. The molecule has 1 aromatic carbocycles. The molecule has 1 rings (SSSR count). The maximum Gasteiger partial charge on any atom is 0.328 e. The second kappa shape index (κ2) is 7.06. The van der Waals surface area contributed by atoms with E-state index in [-0.39, 0.29) is 11.6 Å². The zero-order valence-corrected chi connectivity index (χ0v) is 11.3. The number of hydrogen-bond donors (Lipinski definition) is 4. The minimum Gasteiger partial charge on any atom is -0.480 e. The van der Waals surface area contributed by atoms with Gasteiger partial charge in [-0.1, -0.05) is 17.7 Å². The van der Waals surface area contributed by atoms with Gasteiger partial charge >= 0.3 is 12.0 Å². The van der Waals surface area contributed by atoms with Crippen LogP contribution in [-0.2, 0) is 11.3 Å². The summed E-state index contributed by atoms with van der Waals surface area (Å²) in [5, 5.41) is 22.4. The van der Waals surface area contributed by atoms with Crippen LogP contribution < -0.4 is 10.6 Å². The molecular weight excluding hydrogens is 291 g/mol. The Hall–Kier alpha value is -1.86. The topological polar surface area (TPSA) is 98.7 Å². The van der Waals surface area contributed by atoms with Crippen LogP contribution in [0.15, 0.2) is 18.2 Å². The summed E-state index contributed by atoms with van der Waals surface area (Å²) in [5.74, 6) is -1.92. The average molecular weight is 305 g/mol. The molecule has 110 valence electrons. The number of rotatable bonds is 5. The maximum atomic E-state index is 12.9. The molecule has 20 heavy (non-hydrogen) atoms. The number of urea groups is 1. The van der Waals surface area contributed by atoms with Crippen LogP contribution in [0.5, 0.6) is 0 Å². The third-order valence-electron chi connectivity index (χ3n) is 2.47. The molecule has 0 bridgehead atoms. The number of halogens is 2. The molecule has 6 nitrogen and oxygen atoms in total. The summed E-state index contributed by atoms with van der Waals surface area (Å²) in [6.07, 6.45) is -1.24. The molecule has 0 heterocycles. The minimum absolute atomic E-state index is 0.0397. The molecule has 0 fully saturated rings. The van der Waals surface area contributed by atoms with Crippen molar-refractivity contribution in [3.05, 3.63) is 34.6 Å². The fourth-order valence-electron chi connectivity index (χ4n) is 1.41. The zero-order valence-electron chi connectivity index (χ0n) is 10.6. The van der Waals surface area contributed by atoms with Gasteiger partial charge in [0, 0.05) is 6.54 Å². The van der Waals surface area contributed by atoms with Gasteiger partial charge in [0.15, 0.2) is 6.04 Å². The number of benzene rings is 1. The van der Waals surface area contributed by atoms with Crippen molar-refractivity contribution in [2.24, 2.45) is 0 Å². The largest absolute Gasteiger partial charge is 0.480 e. The van der Waals surface area contributed by atoms with Crippen molar-refractivity contribution in [1.82, 2.24) is 10.6 Å².